The molecule has 0 aliphatic heterocycles. The van der Waals surface area contributed by atoms with Crippen LogP contribution in [0.3, 0.4) is 0 Å². The number of methoxy groups -OCH3 is 1. The van der Waals surface area contributed by atoms with Crippen LogP contribution in [0.1, 0.15) is 6.92 Å². The van der Waals surface area contributed by atoms with E-state index in [0.29, 0.717) is 0 Å². The van der Waals surface area contributed by atoms with Gasteiger partial charge in [-0.25, -0.2) is 0 Å². The third-order valence-corrected chi connectivity index (χ3v) is 1.03. The molecule has 0 aromatic carbocycles. The Kier molecular flexibility index (Phi) is 6.33. The Morgan fingerprint density at radius 1 is 1.27 bits per heavy atom. The van der Waals surface area contributed by atoms with Gasteiger partial charge in [0, 0.05) is 7.11 Å². The van der Waals surface area contributed by atoms with Gasteiger partial charge in [-0.1, -0.05) is 5.64 Å². The summed E-state index contributed by atoms with van der Waals surface area (Å²) in [6, 6.07) is 0. The van der Waals surface area contributed by atoms with E-state index in [4.69, 9.17) is 14.5 Å². The Labute approximate surface area is 65.8 Å². The minimum absolute atomic E-state index is 0.317. The number of rotatable bonds is 6. The number of nitrogens with zero attached hydrogens (tertiary/aromatic N) is 1. The first-order valence-electron chi connectivity index (χ1n) is 3.07. The monoisotopic (exact) mass is 166 g/mol. The summed E-state index contributed by atoms with van der Waals surface area (Å²) < 4.78 is 4.88. The van der Waals surface area contributed by atoms with Crippen molar-refractivity contribution in [1.29, 1.82) is 0 Å². The molecular weight excluding hydrogens is 152 g/mol. The van der Waals surface area contributed by atoms with Crippen LogP contribution < -0.4 is 5.64 Å². The molecule has 6 heteroatoms. The third-order valence-electron chi connectivity index (χ3n) is 1.03. The lowest BCUT2D eigenvalue weighted by Crippen LogP contribution is -2.37. The molecule has 0 bridgehead atoms. The molecule has 0 rings (SSSR count). The van der Waals surface area contributed by atoms with Gasteiger partial charge in [0.15, 0.2) is 6.23 Å². The first kappa shape index (κ1) is 10.8. The Balaban J connectivity index is 3.56. The van der Waals surface area contributed by atoms with E-state index in [1.165, 1.54) is 21.3 Å². The van der Waals surface area contributed by atoms with Crippen molar-refractivity contribution in [2.24, 2.45) is 0 Å². The minimum atomic E-state index is -0.317. The number of hydrogen-bond donors (Lipinski definition) is 1. The van der Waals surface area contributed by atoms with E-state index in [1.807, 2.05) is 0 Å². The summed E-state index contributed by atoms with van der Waals surface area (Å²) in [5.41, 5.74) is 2.14. The minimum Gasteiger partial charge on any atom is -0.362 e. The molecule has 0 saturated carbocycles. The maximum absolute atomic E-state index is 4.88. The Bertz CT molecular complexity index is 92.6. The van der Waals surface area contributed by atoms with E-state index < -0.39 is 0 Å². The number of hydrogen-bond acceptors (Lipinski definition) is 6. The molecule has 0 aromatic rings. The second-order valence-corrected chi connectivity index (χ2v) is 1.68. The maximum atomic E-state index is 4.88. The molecule has 0 spiro atoms. The summed E-state index contributed by atoms with van der Waals surface area (Å²) in [6.07, 6.45) is -0.317. The second-order valence-electron chi connectivity index (χ2n) is 1.68. The number of hydroxylamine groups is 2. The van der Waals surface area contributed by atoms with Gasteiger partial charge in [-0.2, -0.15) is 4.94 Å². The SMILES string of the molecule is CONON(OC)C(C)OC. The Morgan fingerprint density at radius 3 is 2.27 bits per heavy atom. The van der Waals surface area contributed by atoms with Crippen LogP contribution in [0, 0.1) is 0 Å². The van der Waals surface area contributed by atoms with Crippen molar-refractivity contribution >= 4 is 0 Å². The summed E-state index contributed by atoms with van der Waals surface area (Å²) in [4.78, 5) is 13.9. The van der Waals surface area contributed by atoms with Crippen LogP contribution in [-0.4, -0.2) is 32.8 Å². The van der Waals surface area contributed by atoms with Gasteiger partial charge in [-0.15, -0.1) is 0 Å². The molecule has 11 heavy (non-hydrogen) atoms. The zero-order chi connectivity index (χ0) is 8.69. The summed E-state index contributed by atoms with van der Waals surface area (Å²) in [5.74, 6) is 0. The van der Waals surface area contributed by atoms with Crippen molar-refractivity contribution in [1.82, 2.24) is 10.9 Å². The molecule has 1 atom stereocenters. The van der Waals surface area contributed by atoms with Crippen molar-refractivity contribution < 1.29 is 19.4 Å². The van der Waals surface area contributed by atoms with Crippen LogP contribution in [0.2, 0.25) is 0 Å². The molecule has 0 fully saturated rings. The lowest BCUT2D eigenvalue weighted by atomic mass is 10.7. The normalized spacial score (nSPS) is 13.9. The molecular formula is C5H14N2O4. The summed E-state index contributed by atoms with van der Waals surface area (Å²) in [7, 11) is 4.41. The molecule has 0 aromatic heterocycles. The van der Waals surface area contributed by atoms with Gasteiger partial charge < -0.3 is 4.74 Å². The molecule has 0 saturated heterocycles. The summed E-state index contributed by atoms with van der Waals surface area (Å²) in [5, 5.41) is 1.10. The van der Waals surface area contributed by atoms with Crippen molar-refractivity contribution in [2.45, 2.75) is 13.2 Å². The lowest BCUT2D eigenvalue weighted by molar-refractivity contribution is -0.460. The average molecular weight is 166 g/mol. The highest BCUT2D eigenvalue weighted by Gasteiger charge is 2.12. The van der Waals surface area contributed by atoms with Gasteiger partial charge in [-0.3, -0.25) is 9.68 Å². The zero-order valence-electron chi connectivity index (χ0n) is 7.16. The maximum Gasteiger partial charge on any atom is 0.159 e. The fraction of sp³-hybridized carbons (Fsp3) is 1.00. The van der Waals surface area contributed by atoms with Gasteiger partial charge in [0.2, 0.25) is 0 Å². The Hall–Kier alpha value is -0.240. The van der Waals surface area contributed by atoms with Crippen LogP contribution in [0.25, 0.3) is 0 Å². The first-order chi connectivity index (χ1) is 5.26. The predicted molar refractivity (Wildman–Crippen MR) is 36.5 cm³/mol. The van der Waals surface area contributed by atoms with Gasteiger partial charge in [0.1, 0.15) is 0 Å². The van der Waals surface area contributed by atoms with Crippen LogP contribution >= 0.6 is 0 Å². The zero-order valence-corrected chi connectivity index (χ0v) is 7.16. The van der Waals surface area contributed by atoms with Gasteiger partial charge in [0.05, 0.1) is 14.2 Å². The first-order valence-corrected chi connectivity index (χ1v) is 3.07. The molecule has 0 amide bonds. The average Bonchev–Trinajstić information content (AvgIpc) is 2.05. The highest BCUT2D eigenvalue weighted by Crippen LogP contribution is 1.97. The fourth-order valence-electron chi connectivity index (χ4n) is 0.420. The number of nitrogens with one attached hydrogen (secondary N) is 1. The smallest absolute Gasteiger partial charge is 0.159 e. The van der Waals surface area contributed by atoms with Crippen molar-refractivity contribution in [3.8, 4) is 0 Å². The fourth-order valence-corrected chi connectivity index (χ4v) is 0.420. The standard InChI is InChI=1S/C5H14N2O4/c1-5(8-2)7(10-4)11-6-9-3/h5-6H,1-4H3. The van der Waals surface area contributed by atoms with Crippen LogP contribution in [0.5, 0.6) is 0 Å². The number of ether oxygens (including phenoxy) is 1. The van der Waals surface area contributed by atoms with E-state index in [2.05, 4.69) is 10.5 Å². The van der Waals surface area contributed by atoms with Crippen molar-refractivity contribution in [2.75, 3.05) is 21.3 Å². The Morgan fingerprint density at radius 2 is 1.91 bits per heavy atom. The second kappa shape index (κ2) is 6.47. The van der Waals surface area contributed by atoms with E-state index in [-0.39, 0.29) is 6.23 Å². The topological polar surface area (TPSA) is 52.2 Å². The third kappa shape index (κ3) is 4.25. The molecule has 0 heterocycles. The highest BCUT2D eigenvalue weighted by atomic mass is 17.1. The molecule has 1 unspecified atom stereocenters. The van der Waals surface area contributed by atoms with Crippen LogP contribution in [0.15, 0.2) is 0 Å². The van der Waals surface area contributed by atoms with E-state index in [1.54, 1.807) is 6.92 Å². The van der Waals surface area contributed by atoms with E-state index >= 15 is 0 Å². The molecule has 0 aliphatic rings. The van der Waals surface area contributed by atoms with E-state index in [9.17, 15) is 0 Å². The van der Waals surface area contributed by atoms with Crippen LogP contribution in [0.4, 0.5) is 0 Å². The van der Waals surface area contributed by atoms with Crippen LogP contribution in [-0.2, 0) is 19.4 Å². The van der Waals surface area contributed by atoms with E-state index in [0.717, 1.165) is 5.23 Å². The summed E-state index contributed by atoms with van der Waals surface area (Å²) >= 11 is 0. The largest absolute Gasteiger partial charge is 0.362 e. The molecule has 6 nitrogen and oxygen atoms in total. The summed E-state index contributed by atoms with van der Waals surface area (Å²) in [6.45, 7) is 1.75. The highest BCUT2D eigenvalue weighted by molar-refractivity contribution is 4.29. The lowest BCUT2D eigenvalue weighted by Gasteiger charge is -2.22. The molecule has 0 aliphatic carbocycles. The van der Waals surface area contributed by atoms with Crippen molar-refractivity contribution in [3.63, 3.8) is 0 Å². The molecule has 0 radical (unpaired) electrons. The molecule has 68 valence electrons. The quantitative estimate of drug-likeness (QED) is 0.437. The van der Waals surface area contributed by atoms with Gasteiger partial charge in [0.25, 0.3) is 0 Å². The van der Waals surface area contributed by atoms with Crippen molar-refractivity contribution in [3.05, 3.63) is 0 Å². The molecule has 1 N–H and O–H groups in total. The van der Waals surface area contributed by atoms with Gasteiger partial charge in [-0.05, 0) is 12.2 Å². The predicted octanol–water partition coefficient (Wildman–Crippen LogP) is -0.160. The van der Waals surface area contributed by atoms with Gasteiger partial charge >= 0.3 is 0 Å².